The highest BCUT2D eigenvalue weighted by Crippen LogP contribution is 2.33. The number of aliphatic carboxylic acids is 1. The lowest BCUT2D eigenvalue weighted by molar-refractivity contribution is -0.131. The topological polar surface area (TPSA) is 66.4 Å². The smallest absolute Gasteiger partial charge is 0.349 e. The minimum absolute atomic E-state index is 0.0765. The van der Waals surface area contributed by atoms with Crippen molar-refractivity contribution in [1.29, 1.82) is 0 Å². The number of rotatable bonds is 2. The van der Waals surface area contributed by atoms with Crippen LogP contribution in [0.25, 0.3) is 0 Å². The summed E-state index contributed by atoms with van der Waals surface area (Å²) in [5.74, 6) is -1.70. The number of halogens is 1. The molecule has 2 N–H and O–H groups in total. The molecule has 0 fully saturated rings. The van der Waals surface area contributed by atoms with Crippen molar-refractivity contribution in [2.24, 2.45) is 0 Å². The summed E-state index contributed by atoms with van der Waals surface area (Å²) >= 11 is 7.08. The van der Waals surface area contributed by atoms with E-state index in [0.29, 0.717) is 11.3 Å². The van der Waals surface area contributed by atoms with Gasteiger partial charge in [-0.3, -0.25) is 4.79 Å². The lowest BCUT2D eigenvalue weighted by Crippen LogP contribution is -2.08. The number of ketones is 1. The number of Topliss-reactive ketones (excluding diaryl/α,β-unsaturated/α-hetero) is 1. The maximum absolute atomic E-state index is 11.9. The number of fused-ring (bicyclic) bond motifs is 1. The molecule has 4 nitrogen and oxygen atoms in total. The average molecular weight is 270 g/mol. The van der Waals surface area contributed by atoms with E-state index in [1.807, 2.05) is 12.3 Å². The minimum atomic E-state index is -1.32. The van der Waals surface area contributed by atoms with Gasteiger partial charge in [0.25, 0.3) is 0 Å². The quantitative estimate of drug-likeness (QED) is 0.638. The summed E-state index contributed by atoms with van der Waals surface area (Å²) < 4.78 is 0. The number of nitrogens with one attached hydrogen (secondary N) is 1. The molecule has 0 amide bonds. The molecule has 0 saturated carbocycles. The van der Waals surface area contributed by atoms with E-state index in [0.717, 1.165) is 4.90 Å². The second kappa shape index (κ2) is 4.43. The fraction of sp³-hybridized carbons (Fsp3) is 0.0909. The lowest BCUT2D eigenvalue weighted by atomic mass is 10.1. The maximum atomic E-state index is 11.9. The first-order chi connectivity index (χ1) is 8.04. The molecule has 0 spiro atoms. The Morgan fingerprint density at radius 3 is 2.76 bits per heavy atom. The fourth-order valence-electron chi connectivity index (χ4n) is 1.53. The van der Waals surface area contributed by atoms with Crippen molar-refractivity contribution in [2.75, 3.05) is 11.6 Å². The number of allylic oxidation sites excluding steroid dienone is 1. The molecule has 1 aromatic rings. The van der Waals surface area contributed by atoms with Gasteiger partial charge in [0.05, 0.1) is 5.69 Å². The zero-order valence-corrected chi connectivity index (χ0v) is 10.4. The molecule has 88 valence electrons. The number of carboxylic acids is 1. The molecule has 0 atom stereocenters. The molecule has 0 saturated heterocycles. The van der Waals surface area contributed by atoms with Crippen LogP contribution in [-0.2, 0) is 4.79 Å². The first-order valence-corrected chi connectivity index (χ1v) is 6.27. The number of hydrogen-bond donors (Lipinski definition) is 2. The summed E-state index contributed by atoms with van der Waals surface area (Å²) in [4.78, 5) is 23.6. The third kappa shape index (κ3) is 2.03. The molecule has 0 aromatic heterocycles. The van der Waals surface area contributed by atoms with Gasteiger partial charge in [0.2, 0.25) is 5.78 Å². The monoisotopic (exact) mass is 269 g/mol. The highest BCUT2D eigenvalue weighted by molar-refractivity contribution is 7.98. The molecular formula is C11H8ClNO3S. The van der Waals surface area contributed by atoms with Crippen LogP contribution < -0.4 is 5.32 Å². The molecule has 0 aliphatic carbocycles. The van der Waals surface area contributed by atoms with E-state index >= 15 is 0 Å². The minimum Gasteiger partial charge on any atom is -0.477 e. The number of hydrogen-bond acceptors (Lipinski definition) is 4. The number of carbonyl (C=O) groups excluding carboxylic acids is 1. The number of carboxylic acid groups (broad SMARTS) is 1. The van der Waals surface area contributed by atoms with Crippen LogP contribution in [0.1, 0.15) is 10.4 Å². The largest absolute Gasteiger partial charge is 0.477 e. The Balaban J connectivity index is 2.50. The van der Waals surface area contributed by atoms with Crippen LogP contribution in [0.4, 0.5) is 5.69 Å². The molecule has 0 bridgehead atoms. The van der Waals surface area contributed by atoms with Crippen molar-refractivity contribution >= 4 is 40.8 Å². The summed E-state index contributed by atoms with van der Waals surface area (Å²) in [6, 6.07) is 5.30. The van der Waals surface area contributed by atoms with Gasteiger partial charge in [0.1, 0.15) is 5.70 Å². The van der Waals surface area contributed by atoms with Gasteiger partial charge in [-0.15, -0.1) is 11.8 Å². The maximum Gasteiger partial charge on any atom is 0.349 e. The van der Waals surface area contributed by atoms with Gasteiger partial charge in [0, 0.05) is 10.5 Å². The van der Waals surface area contributed by atoms with Gasteiger partial charge in [-0.05, 0) is 24.5 Å². The second-order valence-corrected chi connectivity index (χ2v) is 4.62. The highest BCUT2D eigenvalue weighted by Gasteiger charge is 2.29. The molecule has 0 unspecified atom stereocenters. The normalized spacial score (nSPS) is 16.5. The predicted molar refractivity (Wildman–Crippen MR) is 66.7 cm³/mol. The first kappa shape index (κ1) is 12.0. The van der Waals surface area contributed by atoms with Gasteiger partial charge >= 0.3 is 5.97 Å². The van der Waals surface area contributed by atoms with Gasteiger partial charge in [0.15, 0.2) is 5.03 Å². The Morgan fingerprint density at radius 1 is 1.47 bits per heavy atom. The van der Waals surface area contributed by atoms with Crippen LogP contribution in [-0.4, -0.2) is 23.1 Å². The van der Waals surface area contributed by atoms with Crippen LogP contribution in [0, 0.1) is 0 Å². The summed E-state index contributed by atoms with van der Waals surface area (Å²) in [5, 5.41) is 11.0. The summed E-state index contributed by atoms with van der Waals surface area (Å²) in [7, 11) is 0. The van der Waals surface area contributed by atoms with Crippen LogP contribution in [0.2, 0.25) is 0 Å². The van der Waals surface area contributed by atoms with E-state index in [9.17, 15) is 9.59 Å². The molecule has 6 heteroatoms. The average Bonchev–Trinajstić information content (AvgIpc) is 2.65. The molecule has 1 aliphatic rings. The summed E-state index contributed by atoms with van der Waals surface area (Å²) in [6.07, 6.45) is 1.90. The van der Waals surface area contributed by atoms with Gasteiger partial charge in [-0.25, -0.2) is 4.79 Å². The number of anilines is 1. The van der Waals surface area contributed by atoms with Gasteiger partial charge in [-0.2, -0.15) is 0 Å². The lowest BCUT2D eigenvalue weighted by Gasteiger charge is -2.00. The van der Waals surface area contributed by atoms with Gasteiger partial charge < -0.3 is 10.4 Å². The first-order valence-electron chi connectivity index (χ1n) is 4.67. The standard InChI is InChI=1S/C11H8ClNO3S/c1-17-5-2-3-7-6(4-5)10(14)9(13-7)8(12)11(15)16/h2-4,13H,1H3,(H,15,16). The second-order valence-electron chi connectivity index (χ2n) is 3.36. The van der Waals surface area contributed by atoms with E-state index in [1.54, 1.807) is 12.1 Å². The zero-order chi connectivity index (χ0) is 12.6. The summed E-state index contributed by atoms with van der Waals surface area (Å²) in [6.45, 7) is 0. The Bertz CT molecular complexity index is 554. The van der Waals surface area contributed by atoms with Crippen molar-refractivity contribution in [3.8, 4) is 0 Å². The Kier molecular flexibility index (Phi) is 3.13. The Morgan fingerprint density at radius 2 is 2.18 bits per heavy atom. The van der Waals surface area contributed by atoms with Crippen LogP contribution in [0.15, 0.2) is 33.8 Å². The molecule has 0 radical (unpaired) electrons. The van der Waals surface area contributed by atoms with E-state index in [1.165, 1.54) is 11.8 Å². The number of thioether (sulfide) groups is 1. The van der Waals surface area contributed by atoms with Crippen molar-refractivity contribution in [2.45, 2.75) is 4.90 Å². The van der Waals surface area contributed by atoms with Crippen LogP contribution in [0.3, 0.4) is 0 Å². The van der Waals surface area contributed by atoms with Crippen LogP contribution in [0.5, 0.6) is 0 Å². The van der Waals surface area contributed by atoms with E-state index in [-0.39, 0.29) is 11.5 Å². The molecular weight excluding hydrogens is 262 g/mol. The molecule has 1 heterocycles. The Hall–Kier alpha value is -1.46. The van der Waals surface area contributed by atoms with Crippen molar-refractivity contribution in [3.05, 3.63) is 34.5 Å². The molecule has 2 rings (SSSR count). The van der Waals surface area contributed by atoms with Gasteiger partial charge in [-0.1, -0.05) is 11.6 Å². The number of carbonyl (C=O) groups is 2. The fourth-order valence-corrected chi connectivity index (χ4v) is 2.11. The highest BCUT2D eigenvalue weighted by atomic mass is 35.5. The van der Waals surface area contributed by atoms with Crippen LogP contribution >= 0.6 is 23.4 Å². The van der Waals surface area contributed by atoms with E-state index < -0.39 is 11.0 Å². The Labute approximate surface area is 107 Å². The van der Waals surface area contributed by atoms with Crippen molar-refractivity contribution < 1.29 is 14.7 Å². The number of benzene rings is 1. The third-order valence-corrected chi connectivity index (χ3v) is 3.44. The molecule has 1 aliphatic heterocycles. The third-order valence-electron chi connectivity index (χ3n) is 2.37. The van der Waals surface area contributed by atoms with E-state index in [2.05, 4.69) is 5.32 Å². The SMILES string of the molecule is CSc1ccc2c(c1)C(=O)C(=C(Cl)C(=O)O)N2. The van der Waals surface area contributed by atoms with Crippen molar-refractivity contribution in [3.63, 3.8) is 0 Å². The summed E-state index contributed by atoms with van der Waals surface area (Å²) in [5.41, 5.74) is 0.959. The molecule has 1 aromatic carbocycles. The predicted octanol–water partition coefficient (Wildman–Crippen LogP) is 2.55. The van der Waals surface area contributed by atoms with E-state index in [4.69, 9.17) is 16.7 Å². The van der Waals surface area contributed by atoms with Crippen molar-refractivity contribution in [1.82, 2.24) is 0 Å². The zero-order valence-electron chi connectivity index (χ0n) is 8.78. The molecule has 17 heavy (non-hydrogen) atoms.